The first-order valence-electron chi connectivity index (χ1n) is 1.85. The van der Waals surface area contributed by atoms with Gasteiger partial charge in [0, 0.05) is 0 Å². The van der Waals surface area contributed by atoms with Gasteiger partial charge in [-0.25, -0.2) is 0 Å². The predicted octanol–water partition coefficient (Wildman–Crippen LogP) is -29.2. The molecule has 0 rings (SSSR count). The number of hydrogen-bond acceptors (Lipinski definition) is 12. The Balaban J connectivity index is -0.0000000257. The predicted molar refractivity (Wildman–Crippen MR) is 0 cm³/mol. The van der Waals surface area contributed by atoms with E-state index in [-0.39, 0.29) is 68.2 Å². The summed E-state index contributed by atoms with van der Waals surface area (Å²) < 4.78 is 103. The van der Waals surface area contributed by atoms with Crippen LogP contribution in [0.15, 0.2) is 0 Å². The Morgan fingerprint density at radius 2 is 0.333 bits per heavy atom. The molecule has 0 unspecified atom stereocenters. The Bertz CT molecular complexity index is 67.1. The van der Waals surface area contributed by atoms with E-state index in [2.05, 4.69) is 0 Å². The van der Waals surface area contributed by atoms with Crippen LogP contribution >= 0.6 is 0 Å². The molecule has 0 fully saturated rings. The molecule has 0 aliphatic heterocycles. The number of hydrogen-bond donors (Lipinski definition) is 0. The second-order valence-electron chi connectivity index (χ2n) is 0.756. The van der Waals surface area contributed by atoms with Crippen LogP contribution in [0.5, 0.6) is 0 Å². The molecule has 0 N–H and O–H groups in total. The van der Waals surface area contributed by atoms with Gasteiger partial charge in [-0.1, -0.05) is 0 Å². The Labute approximate surface area is 189 Å². The molecular weight excluding hydrogens is 859 g/mol. The second kappa shape index (κ2) is 33.3. The fraction of sp³-hybridized carbons (Fsp3) is 0. The van der Waals surface area contributed by atoms with Crippen molar-refractivity contribution in [2.24, 2.45) is 0 Å². The number of halogens is 4. The first kappa shape index (κ1) is 38.3. The zero-order valence-electron chi connectivity index (χ0n) is 7.79. The van der Waals surface area contributed by atoms with E-state index in [1.165, 1.54) is 0 Å². The Morgan fingerprint density at radius 1 is 0.333 bits per heavy atom. The van der Waals surface area contributed by atoms with Gasteiger partial charge >= 0.3 is 68.2 Å². The van der Waals surface area contributed by atoms with E-state index >= 15 is 0 Å². The van der Waals surface area contributed by atoms with Crippen molar-refractivity contribution in [2.45, 2.75) is 0 Å². The minimum absolute atomic E-state index is 0. The van der Waals surface area contributed by atoms with E-state index in [1.54, 1.807) is 0 Å². The van der Waals surface area contributed by atoms with Gasteiger partial charge in [-0.2, -0.15) is 0 Å². The van der Waals surface area contributed by atoms with Crippen LogP contribution < -0.4 is 144 Å². The van der Waals surface area contributed by atoms with E-state index in [4.69, 9.17) is 41.2 Å². The molecule has 0 aliphatic carbocycles. The first-order chi connectivity index (χ1) is 6.93. The van der Waals surface area contributed by atoms with Crippen LogP contribution in [0.1, 0.15) is 0 Å². The largest absolute Gasteiger partial charge is 3.00 e. The fourth-order valence-electron chi connectivity index (χ4n) is 0. The summed E-state index contributed by atoms with van der Waals surface area (Å²) in [7, 11) is 0. The van der Waals surface area contributed by atoms with Crippen molar-refractivity contribution in [3.63, 3.8) is 0 Å². The minimum Gasteiger partial charge on any atom is -0.427 e. The van der Waals surface area contributed by atoms with Gasteiger partial charge in [0.15, 0.2) is 0 Å². The van der Waals surface area contributed by atoms with Gasteiger partial charge in [0.1, 0.15) is 0 Å². The second-order valence-corrected chi connectivity index (χ2v) is 5.07. The zero-order chi connectivity index (χ0) is 14.3. The summed E-state index contributed by atoms with van der Waals surface area (Å²) in [6.45, 7) is 0. The van der Waals surface area contributed by atoms with Crippen LogP contribution in [0.3, 0.4) is 0 Å². The quantitative estimate of drug-likeness (QED) is 0.162. The summed E-state index contributed by atoms with van der Waals surface area (Å²) in [5, 5.41) is 0. The van der Waals surface area contributed by atoms with Crippen LogP contribution in [-0.2, 0) is 0 Å². The van der Waals surface area contributed by atoms with Crippen LogP contribution in [-0.4, -0.2) is 0 Å². The van der Waals surface area contributed by atoms with E-state index < -0.39 is 84.3 Å². The average molecular weight is 859 g/mol. The zero-order valence-corrected chi connectivity index (χ0v) is 18.8. The van der Waals surface area contributed by atoms with Crippen molar-refractivity contribution in [3.8, 4) is 0 Å². The molecule has 0 aromatic rings. The van der Waals surface area contributed by atoms with Gasteiger partial charge in [0.2, 0.25) is 0 Å². The van der Waals surface area contributed by atoms with E-state index in [1.807, 2.05) is 0 Å². The van der Waals surface area contributed by atoms with Crippen molar-refractivity contribution in [2.75, 3.05) is 0 Å². The van der Waals surface area contributed by atoms with Crippen molar-refractivity contribution in [3.05, 3.63) is 0 Å². The monoisotopic (exact) mass is 859 g/mol. The molecule has 0 heterocycles. The van der Waals surface area contributed by atoms with E-state index in [0.717, 1.165) is 0 Å². The van der Waals surface area contributed by atoms with Gasteiger partial charge in [-0.05, 0) is 0 Å². The normalized spacial score (nSPS) is 8.00. The van der Waals surface area contributed by atoms with Crippen LogP contribution in [0, 0.1) is 49.4 Å². The molecule has 18 heavy (non-hydrogen) atoms. The molecule has 0 saturated heterocycles. The van der Waals surface area contributed by atoms with Gasteiger partial charge in [-0.15, -0.1) is 0 Å². The summed E-state index contributed by atoms with van der Waals surface area (Å²) >= 11 is -16.1. The molecule has 0 radical (unpaired) electrons. The van der Waals surface area contributed by atoms with E-state index in [9.17, 15) is 0 Å². The van der Waals surface area contributed by atoms with Crippen molar-refractivity contribution in [1.82, 2.24) is 0 Å². The SMILES string of the molecule is [Eu+3].[Li+].[O-][I+2]([O-])[O-].[O-][I+2]([O-])[O-].[O-][I+2]([O-])[O-].[O-][I+2]([O-])[O-]. The molecule has 0 spiro atoms. The van der Waals surface area contributed by atoms with Crippen LogP contribution in [0.2, 0.25) is 0 Å². The molecule has 0 aliphatic rings. The molecule has 0 aromatic heterocycles. The smallest absolute Gasteiger partial charge is 0.427 e. The Hall–Kier alpha value is 4.62. The third kappa shape index (κ3) is 372. The molecular formula is EuI4LiO12. The molecule has 0 aromatic carbocycles. The fourth-order valence-corrected chi connectivity index (χ4v) is 0. The molecule has 0 atom stereocenters. The van der Waals surface area contributed by atoms with Gasteiger partial charge in [-0.3, -0.25) is 0 Å². The third-order valence-electron chi connectivity index (χ3n) is 0. The molecule has 12 nitrogen and oxygen atoms in total. The maximum absolute atomic E-state index is 8.57. The van der Waals surface area contributed by atoms with E-state index in [0.29, 0.717) is 0 Å². The summed E-state index contributed by atoms with van der Waals surface area (Å²) in [5.74, 6) is 0. The third-order valence-corrected chi connectivity index (χ3v) is 0. The average Bonchev–Trinajstić information content (AvgIpc) is 1.76. The molecule has 108 valence electrons. The van der Waals surface area contributed by atoms with Crippen LogP contribution in [0.4, 0.5) is 0 Å². The summed E-state index contributed by atoms with van der Waals surface area (Å²) in [6.07, 6.45) is 0. The van der Waals surface area contributed by atoms with Crippen molar-refractivity contribution >= 4 is 0 Å². The molecule has 0 saturated carbocycles. The Morgan fingerprint density at radius 3 is 0.333 bits per heavy atom. The first-order valence-corrected chi connectivity index (χ1v) is 12.4. The summed E-state index contributed by atoms with van der Waals surface area (Å²) in [4.78, 5) is 0. The standard InChI is InChI=1S/Eu.4IO3.Li/c;4*2-1(3)4;/q+3;4*-1;+1. The summed E-state index contributed by atoms with van der Waals surface area (Å²) in [6, 6.07) is 0. The van der Waals surface area contributed by atoms with Gasteiger partial charge in [0.05, 0.1) is 0 Å². The van der Waals surface area contributed by atoms with Crippen molar-refractivity contribution in [1.29, 1.82) is 0 Å². The molecule has 0 bridgehead atoms. The Kier molecular flexibility index (Phi) is 70.8. The summed E-state index contributed by atoms with van der Waals surface area (Å²) in [5.41, 5.74) is 0. The van der Waals surface area contributed by atoms with Crippen molar-refractivity contribution < 1.29 is 194 Å². The maximum atomic E-state index is 8.57. The van der Waals surface area contributed by atoms with Gasteiger partial charge < -0.3 is 41.2 Å². The van der Waals surface area contributed by atoms with Crippen LogP contribution in [0.25, 0.3) is 0 Å². The molecule has 0 amide bonds. The minimum atomic E-state index is -4.01. The molecule has 18 heteroatoms. The topological polar surface area (TPSA) is 277 Å². The van der Waals surface area contributed by atoms with Gasteiger partial charge in [0.25, 0.3) is 84.3 Å². The number of rotatable bonds is 0. The maximum Gasteiger partial charge on any atom is 3.00 e.